The van der Waals surface area contributed by atoms with Crippen molar-refractivity contribution in [2.75, 3.05) is 19.6 Å². The van der Waals surface area contributed by atoms with Gasteiger partial charge in [-0.3, -0.25) is 4.90 Å². The Labute approximate surface area is 162 Å². The van der Waals surface area contributed by atoms with E-state index in [2.05, 4.69) is 11.9 Å². The van der Waals surface area contributed by atoms with E-state index in [0.29, 0.717) is 32.4 Å². The number of amides is 1. The number of alkyl halides is 2. The van der Waals surface area contributed by atoms with Gasteiger partial charge in [0.2, 0.25) is 0 Å². The van der Waals surface area contributed by atoms with Gasteiger partial charge in [0, 0.05) is 24.7 Å². The zero-order valence-electron chi connectivity index (χ0n) is 17.3. The average molecular weight is 385 g/mol. The molecule has 0 atom stereocenters. The lowest BCUT2D eigenvalue weighted by atomic mass is 10.0. The fourth-order valence-corrected chi connectivity index (χ4v) is 2.90. The van der Waals surface area contributed by atoms with Crippen LogP contribution in [0.5, 0.6) is 0 Å². The number of allylic oxidation sites excluding steroid dienone is 4. The number of ether oxygens (including phenoxy) is 1. The van der Waals surface area contributed by atoms with Crippen LogP contribution in [0, 0.1) is 0 Å². The molecule has 0 aromatic carbocycles. The lowest BCUT2D eigenvalue weighted by Crippen LogP contribution is -2.48. The fourth-order valence-electron chi connectivity index (χ4n) is 2.90. The number of nitrogens with one attached hydrogen (secondary N) is 1. The summed E-state index contributed by atoms with van der Waals surface area (Å²) in [5.74, 6) is -2.91. The highest BCUT2D eigenvalue weighted by atomic mass is 19.3. The molecule has 1 fully saturated rings. The quantitative estimate of drug-likeness (QED) is 0.492. The van der Waals surface area contributed by atoms with E-state index < -0.39 is 17.6 Å². The zero-order valence-corrected chi connectivity index (χ0v) is 17.3. The molecular weight excluding hydrogens is 350 g/mol. The van der Waals surface area contributed by atoms with E-state index in [1.165, 1.54) is 12.2 Å². The Morgan fingerprint density at radius 2 is 1.89 bits per heavy atom. The number of nitrogens with zero attached hydrogens (tertiary/aromatic N) is 1. The van der Waals surface area contributed by atoms with E-state index in [0.717, 1.165) is 5.57 Å². The first-order valence-electron chi connectivity index (χ1n) is 9.50. The van der Waals surface area contributed by atoms with Crippen molar-refractivity contribution in [3.63, 3.8) is 0 Å². The van der Waals surface area contributed by atoms with E-state index in [1.54, 1.807) is 38.7 Å². The van der Waals surface area contributed by atoms with Crippen molar-refractivity contribution in [3.8, 4) is 0 Å². The first kappa shape index (κ1) is 23.3. The summed E-state index contributed by atoms with van der Waals surface area (Å²) in [6.45, 7) is 13.4. The van der Waals surface area contributed by atoms with Crippen LogP contribution in [0.1, 0.15) is 53.9 Å². The number of carbonyl (C=O) groups is 1. The van der Waals surface area contributed by atoms with E-state index >= 15 is 0 Å². The van der Waals surface area contributed by atoms with Crippen LogP contribution in [-0.2, 0) is 4.74 Å². The fraction of sp³-hybridized carbons (Fsp3) is 0.667. The maximum atomic E-state index is 14.6. The SMILES string of the molecule is C=C(C)C/C=C\C(=C/C)C(F)(F)CN1CCC(NC(=O)OC(C)(C)C)CC1. The third-order valence-electron chi connectivity index (χ3n) is 4.23. The topological polar surface area (TPSA) is 41.6 Å². The van der Waals surface area contributed by atoms with Gasteiger partial charge in [0.15, 0.2) is 0 Å². The molecule has 27 heavy (non-hydrogen) atoms. The number of carbonyl (C=O) groups excluding carboxylic acids is 1. The predicted octanol–water partition coefficient (Wildman–Crippen LogP) is 5.08. The molecule has 1 heterocycles. The second-order valence-corrected chi connectivity index (χ2v) is 8.21. The lowest BCUT2D eigenvalue weighted by Gasteiger charge is -2.35. The number of hydrogen-bond donors (Lipinski definition) is 1. The van der Waals surface area contributed by atoms with Crippen LogP contribution < -0.4 is 5.32 Å². The molecule has 1 saturated heterocycles. The van der Waals surface area contributed by atoms with Gasteiger partial charge in [-0.05, 0) is 53.9 Å². The molecule has 1 rings (SSSR count). The summed E-state index contributed by atoms with van der Waals surface area (Å²) >= 11 is 0. The number of alkyl carbamates (subject to hydrolysis) is 1. The van der Waals surface area contributed by atoms with Crippen molar-refractivity contribution in [1.29, 1.82) is 0 Å². The summed E-state index contributed by atoms with van der Waals surface area (Å²) in [6, 6.07) is -0.0404. The minimum atomic E-state index is -2.91. The van der Waals surface area contributed by atoms with Crippen molar-refractivity contribution in [2.45, 2.75) is 71.4 Å². The highest BCUT2D eigenvalue weighted by molar-refractivity contribution is 5.68. The smallest absolute Gasteiger partial charge is 0.407 e. The Morgan fingerprint density at radius 3 is 2.37 bits per heavy atom. The molecule has 1 aliphatic rings. The van der Waals surface area contributed by atoms with Gasteiger partial charge in [-0.15, -0.1) is 0 Å². The highest BCUT2D eigenvalue weighted by Crippen LogP contribution is 2.28. The molecule has 0 spiro atoms. The van der Waals surface area contributed by atoms with E-state index in [1.807, 2.05) is 6.92 Å². The maximum absolute atomic E-state index is 14.6. The van der Waals surface area contributed by atoms with Gasteiger partial charge in [-0.2, -0.15) is 8.78 Å². The third kappa shape index (κ3) is 9.18. The Kier molecular flexibility index (Phi) is 8.66. The maximum Gasteiger partial charge on any atom is 0.407 e. The Bertz CT molecular complexity index is 569. The Hall–Kier alpha value is -1.69. The van der Waals surface area contributed by atoms with Gasteiger partial charge in [0.25, 0.3) is 5.92 Å². The largest absolute Gasteiger partial charge is 0.444 e. The van der Waals surface area contributed by atoms with E-state index in [4.69, 9.17) is 4.74 Å². The molecular formula is C21H34F2N2O2. The van der Waals surface area contributed by atoms with Crippen molar-refractivity contribution in [3.05, 3.63) is 36.0 Å². The van der Waals surface area contributed by atoms with Crippen LogP contribution in [0.25, 0.3) is 0 Å². The van der Waals surface area contributed by atoms with Crippen LogP contribution in [0.3, 0.4) is 0 Å². The summed E-state index contributed by atoms with van der Waals surface area (Å²) < 4.78 is 34.5. The van der Waals surface area contributed by atoms with Gasteiger partial charge in [0.1, 0.15) is 5.60 Å². The second kappa shape index (κ2) is 10.0. The molecule has 0 saturated carbocycles. The molecule has 0 aromatic heterocycles. The Morgan fingerprint density at radius 1 is 1.30 bits per heavy atom. The molecule has 0 bridgehead atoms. The standard InChI is InChI=1S/C21H34F2N2O2/c1-7-17(10-8-9-16(2)3)21(22,23)15-25-13-11-18(12-14-25)24-19(26)27-20(4,5)6/h7-8,10,18H,2,9,11-15H2,1,3-6H3,(H,24,26)/b10-8-,17-7+. The molecule has 6 heteroatoms. The molecule has 1 aliphatic heterocycles. The van der Waals surface area contributed by atoms with Crippen molar-refractivity contribution in [2.24, 2.45) is 0 Å². The molecule has 0 unspecified atom stereocenters. The molecule has 1 amide bonds. The minimum absolute atomic E-state index is 0.0257. The highest BCUT2D eigenvalue weighted by Gasteiger charge is 2.36. The van der Waals surface area contributed by atoms with Gasteiger partial charge in [-0.25, -0.2) is 4.79 Å². The zero-order chi connectivity index (χ0) is 20.7. The molecule has 0 radical (unpaired) electrons. The normalized spacial score (nSPS) is 18.0. The van der Waals surface area contributed by atoms with Crippen LogP contribution in [0.4, 0.5) is 13.6 Å². The van der Waals surface area contributed by atoms with Gasteiger partial charge in [0.05, 0.1) is 6.54 Å². The van der Waals surface area contributed by atoms with E-state index in [9.17, 15) is 13.6 Å². The molecule has 154 valence electrons. The van der Waals surface area contributed by atoms with Crippen molar-refractivity contribution in [1.82, 2.24) is 10.2 Å². The number of halogens is 2. The van der Waals surface area contributed by atoms with Crippen LogP contribution in [0.15, 0.2) is 36.0 Å². The van der Waals surface area contributed by atoms with Crippen LogP contribution >= 0.6 is 0 Å². The Balaban J connectivity index is 2.51. The van der Waals surface area contributed by atoms with Gasteiger partial charge >= 0.3 is 6.09 Å². The second-order valence-electron chi connectivity index (χ2n) is 8.21. The average Bonchev–Trinajstić information content (AvgIpc) is 2.51. The van der Waals surface area contributed by atoms with Crippen LogP contribution in [0.2, 0.25) is 0 Å². The monoisotopic (exact) mass is 384 g/mol. The van der Waals surface area contributed by atoms with Gasteiger partial charge in [-0.1, -0.05) is 30.4 Å². The van der Waals surface area contributed by atoms with Crippen LogP contribution in [-0.4, -0.2) is 48.2 Å². The number of piperidine rings is 1. The first-order chi connectivity index (χ1) is 12.4. The number of hydrogen-bond acceptors (Lipinski definition) is 3. The third-order valence-corrected chi connectivity index (χ3v) is 4.23. The number of likely N-dealkylation sites (tertiary alicyclic amines) is 1. The summed E-state index contributed by atoms with van der Waals surface area (Å²) in [5, 5.41) is 2.83. The summed E-state index contributed by atoms with van der Waals surface area (Å²) in [5.41, 5.74) is 0.412. The van der Waals surface area contributed by atoms with Gasteiger partial charge < -0.3 is 10.1 Å². The number of rotatable bonds is 7. The first-order valence-corrected chi connectivity index (χ1v) is 9.50. The molecule has 0 aliphatic carbocycles. The predicted molar refractivity (Wildman–Crippen MR) is 106 cm³/mol. The summed E-state index contributed by atoms with van der Waals surface area (Å²) in [6.07, 6.45) is 6.08. The van der Waals surface area contributed by atoms with Crippen molar-refractivity contribution < 1.29 is 18.3 Å². The molecule has 1 N–H and O–H groups in total. The molecule has 0 aromatic rings. The molecule has 4 nitrogen and oxygen atoms in total. The summed E-state index contributed by atoms with van der Waals surface area (Å²) in [4.78, 5) is 13.6. The lowest BCUT2D eigenvalue weighted by molar-refractivity contribution is -0.00306. The minimum Gasteiger partial charge on any atom is -0.444 e. The van der Waals surface area contributed by atoms with Crippen molar-refractivity contribution >= 4 is 6.09 Å². The summed E-state index contributed by atoms with van der Waals surface area (Å²) in [7, 11) is 0. The van der Waals surface area contributed by atoms with E-state index in [-0.39, 0.29) is 18.2 Å².